The molecule has 0 saturated carbocycles. The number of rotatable bonds is 12. The topological polar surface area (TPSA) is 0 Å². The molecule has 0 aliphatic heterocycles. The van der Waals surface area contributed by atoms with Crippen molar-refractivity contribution in [1.29, 1.82) is 0 Å². The van der Waals surface area contributed by atoms with Crippen molar-refractivity contribution in [2.75, 3.05) is 0 Å². The molecule has 0 aromatic heterocycles. The Kier molecular flexibility index (Phi) is 13.1. The van der Waals surface area contributed by atoms with Gasteiger partial charge in [0.2, 0.25) is 0 Å². The van der Waals surface area contributed by atoms with E-state index in [0.717, 1.165) is 0 Å². The summed E-state index contributed by atoms with van der Waals surface area (Å²) in [6.45, 7) is 29.5. The number of benzene rings is 3. The minimum atomic E-state index is -2.51. The van der Waals surface area contributed by atoms with Gasteiger partial charge in [0.25, 0.3) is 0 Å². The van der Waals surface area contributed by atoms with Gasteiger partial charge in [0.05, 0.1) is 0 Å². The van der Waals surface area contributed by atoms with Crippen LogP contribution in [-0.2, 0) is 0 Å². The summed E-state index contributed by atoms with van der Waals surface area (Å²) in [6, 6.07) is 29.2. The fourth-order valence-electron chi connectivity index (χ4n) is 6.86. The average molecular weight is 649 g/mol. The maximum atomic E-state index is 2.56. The SMILES string of the molecule is CC(C)P(c1cccc[c]1[Ga]([c]1ccccc1P(C(C)C)C(C)C)[c]1ccccc1P(C(C)C)C(C)C)C(C)C. The Morgan fingerprint density at radius 1 is 0.350 bits per heavy atom. The second-order valence-electron chi connectivity index (χ2n) is 12.9. The monoisotopic (exact) mass is 648 g/mol. The van der Waals surface area contributed by atoms with Gasteiger partial charge in [-0.05, 0) is 0 Å². The first-order valence-corrected chi connectivity index (χ1v) is 23.6. The summed E-state index contributed by atoms with van der Waals surface area (Å²) in [5.41, 5.74) is 4.06. The Labute approximate surface area is 256 Å². The van der Waals surface area contributed by atoms with Crippen LogP contribution in [0.15, 0.2) is 72.8 Å². The van der Waals surface area contributed by atoms with Crippen molar-refractivity contribution in [3.63, 3.8) is 0 Å². The zero-order chi connectivity index (χ0) is 29.7. The zero-order valence-electron chi connectivity index (χ0n) is 27.3. The van der Waals surface area contributed by atoms with Crippen molar-refractivity contribution in [2.45, 2.75) is 117 Å². The van der Waals surface area contributed by atoms with Gasteiger partial charge >= 0.3 is 258 Å². The standard InChI is InChI=1S/3C12H18P.Ga/c3*1-10(2)13(11(3)4)12-8-6-5-7-9-12;/h3*5-8,10-11H,1-4H3;. The van der Waals surface area contributed by atoms with Gasteiger partial charge in [-0.3, -0.25) is 0 Å². The normalized spacial score (nSPS) is 12.5. The van der Waals surface area contributed by atoms with Gasteiger partial charge in [-0.2, -0.15) is 0 Å². The van der Waals surface area contributed by atoms with Crippen LogP contribution in [0.4, 0.5) is 0 Å². The third-order valence-corrected chi connectivity index (χ3v) is 26.1. The van der Waals surface area contributed by atoms with Crippen LogP contribution in [0.25, 0.3) is 0 Å². The molecule has 40 heavy (non-hydrogen) atoms. The van der Waals surface area contributed by atoms with Gasteiger partial charge < -0.3 is 0 Å². The fraction of sp³-hybridized carbons (Fsp3) is 0.500. The summed E-state index contributed by atoms with van der Waals surface area (Å²) < 4.78 is 5.19. The van der Waals surface area contributed by atoms with Crippen molar-refractivity contribution < 1.29 is 0 Å². The van der Waals surface area contributed by atoms with E-state index in [2.05, 4.69) is 156 Å². The van der Waals surface area contributed by atoms with E-state index in [1.165, 1.54) is 0 Å². The molecule has 3 aromatic carbocycles. The maximum absolute atomic E-state index is 2.56. The molecule has 216 valence electrons. The molecular weight excluding hydrogens is 595 g/mol. The molecule has 0 aliphatic carbocycles. The predicted octanol–water partition coefficient (Wildman–Crippen LogP) is 7.97. The minimum absolute atomic E-state index is 0.250. The molecule has 3 aromatic rings. The van der Waals surface area contributed by atoms with Crippen LogP contribution in [0.2, 0.25) is 0 Å². The summed E-state index contributed by atoms with van der Waals surface area (Å²) >= 11 is -2.51. The van der Waals surface area contributed by atoms with Crippen molar-refractivity contribution in [3.8, 4) is 0 Å². The molecule has 0 N–H and O–H groups in total. The summed E-state index contributed by atoms with van der Waals surface area (Å²) in [5, 5.41) is 5.07. The molecule has 0 spiro atoms. The summed E-state index contributed by atoms with van der Waals surface area (Å²) in [5.74, 6) is 0. The summed E-state index contributed by atoms with van der Waals surface area (Å²) in [6.07, 6.45) is 0. The van der Waals surface area contributed by atoms with Crippen LogP contribution in [0.1, 0.15) is 83.1 Å². The molecule has 0 heterocycles. The van der Waals surface area contributed by atoms with Crippen LogP contribution in [-0.4, -0.2) is 50.2 Å². The average Bonchev–Trinajstić information content (AvgIpc) is 2.86. The van der Waals surface area contributed by atoms with Crippen LogP contribution in [0.3, 0.4) is 0 Å². The van der Waals surface area contributed by atoms with Gasteiger partial charge in [-0.15, -0.1) is 0 Å². The van der Waals surface area contributed by atoms with Crippen molar-refractivity contribution in [3.05, 3.63) is 72.8 Å². The molecule has 0 atom stereocenters. The Hall–Kier alpha value is -0.414. The van der Waals surface area contributed by atoms with Crippen molar-refractivity contribution in [1.82, 2.24) is 0 Å². The molecule has 0 saturated heterocycles. The molecule has 0 fully saturated rings. The van der Waals surface area contributed by atoms with E-state index in [0.29, 0.717) is 34.0 Å². The predicted molar refractivity (Wildman–Crippen MR) is 194 cm³/mol. The molecule has 0 unspecified atom stereocenters. The van der Waals surface area contributed by atoms with E-state index in [-0.39, 0.29) is 23.8 Å². The van der Waals surface area contributed by atoms with E-state index in [4.69, 9.17) is 0 Å². The Bertz CT molecular complexity index is 1040. The molecule has 0 bridgehead atoms. The third kappa shape index (κ3) is 7.75. The molecule has 0 nitrogen and oxygen atoms in total. The van der Waals surface area contributed by atoms with Crippen LogP contribution < -0.4 is 28.3 Å². The van der Waals surface area contributed by atoms with Gasteiger partial charge in [0.15, 0.2) is 0 Å². The van der Waals surface area contributed by atoms with E-state index in [1.54, 1.807) is 28.3 Å². The third-order valence-electron chi connectivity index (χ3n) is 7.92. The zero-order valence-corrected chi connectivity index (χ0v) is 32.4. The second-order valence-corrected chi connectivity index (χ2v) is 28.7. The van der Waals surface area contributed by atoms with Gasteiger partial charge in [0, 0.05) is 0 Å². The molecule has 0 radical (unpaired) electrons. The van der Waals surface area contributed by atoms with E-state index >= 15 is 0 Å². The quantitative estimate of drug-likeness (QED) is 0.138. The van der Waals surface area contributed by atoms with Gasteiger partial charge in [-0.25, -0.2) is 0 Å². The molecule has 3 rings (SSSR count). The van der Waals surface area contributed by atoms with Crippen LogP contribution in [0, 0.1) is 0 Å². The Morgan fingerprint density at radius 2 is 0.550 bits per heavy atom. The molecule has 4 heteroatoms. The van der Waals surface area contributed by atoms with E-state index < -0.39 is 16.2 Å². The Balaban J connectivity index is 2.48. The van der Waals surface area contributed by atoms with Crippen molar-refractivity contribution >= 4 is 68.2 Å². The molecular formula is C36H54GaP3. The van der Waals surface area contributed by atoms with Gasteiger partial charge in [-0.1, -0.05) is 0 Å². The molecule has 0 aliphatic rings. The number of hydrogen-bond donors (Lipinski definition) is 0. The fourth-order valence-corrected chi connectivity index (χ4v) is 27.0. The van der Waals surface area contributed by atoms with Crippen LogP contribution in [0.5, 0.6) is 0 Å². The van der Waals surface area contributed by atoms with E-state index in [9.17, 15) is 0 Å². The Morgan fingerprint density at radius 3 is 0.750 bits per heavy atom. The van der Waals surface area contributed by atoms with Crippen molar-refractivity contribution in [2.24, 2.45) is 0 Å². The summed E-state index contributed by atoms with van der Waals surface area (Å²) in [4.78, 5) is 0. The second kappa shape index (κ2) is 15.4. The summed E-state index contributed by atoms with van der Waals surface area (Å²) in [7, 11) is -0.750. The van der Waals surface area contributed by atoms with E-state index in [1.807, 2.05) is 0 Å². The van der Waals surface area contributed by atoms with Crippen LogP contribution >= 0.6 is 23.8 Å². The van der Waals surface area contributed by atoms with Gasteiger partial charge in [0.1, 0.15) is 0 Å². The first-order valence-electron chi connectivity index (χ1n) is 15.5. The number of hydrogen-bond acceptors (Lipinski definition) is 0. The first-order chi connectivity index (χ1) is 18.9. The molecule has 0 amide bonds. The first kappa shape index (κ1) is 34.1.